The fourth-order valence-electron chi connectivity index (χ4n) is 2.11. The maximum atomic E-state index is 12.8. The first kappa shape index (κ1) is 17.3. The summed E-state index contributed by atoms with van der Waals surface area (Å²) in [5.74, 6) is -0.392. The van der Waals surface area contributed by atoms with Gasteiger partial charge in [-0.2, -0.15) is 13.2 Å². The fourth-order valence-corrected chi connectivity index (χ4v) is 2.11. The first-order chi connectivity index (χ1) is 9.70. The monoisotopic (exact) mass is 303 g/mol. The molecule has 1 rings (SSSR count). The summed E-state index contributed by atoms with van der Waals surface area (Å²) in [4.78, 5) is 13.2. The van der Waals surface area contributed by atoms with E-state index in [-0.39, 0.29) is 23.9 Å². The molecule has 0 bridgehead atoms. The Bertz CT molecular complexity index is 503. The molecule has 1 unspecified atom stereocenters. The molecule has 1 aromatic rings. The van der Waals surface area contributed by atoms with Crippen molar-refractivity contribution >= 4 is 11.6 Å². The molecule has 0 aliphatic heterocycles. The maximum absolute atomic E-state index is 12.8. The van der Waals surface area contributed by atoms with Crippen LogP contribution in [0.5, 0.6) is 0 Å². The van der Waals surface area contributed by atoms with Gasteiger partial charge in [0.05, 0.1) is 11.5 Å². The van der Waals surface area contributed by atoms with E-state index in [0.717, 1.165) is 6.07 Å². The molecule has 0 fully saturated rings. The van der Waals surface area contributed by atoms with Crippen molar-refractivity contribution in [3.63, 3.8) is 0 Å². The number of benzene rings is 1. The highest BCUT2D eigenvalue weighted by Crippen LogP contribution is 2.33. The topological polar surface area (TPSA) is 58.4 Å². The van der Waals surface area contributed by atoms with Crippen molar-refractivity contribution in [1.82, 2.24) is 5.32 Å². The summed E-state index contributed by atoms with van der Waals surface area (Å²) in [5, 5.41) is 2.54. The molecule has 1 atom stereocenters. The lowest BCUT2D eigenvalue weighted by atomic mass is 10.0. The Balaban J connectivity index is 2.97. The number of nitrogens with one attached hydrogen (secondary N) is 1. The molecule has 21 heavy (non-hydrogen) atoms. The third kappa shape index (κ3) is 4.35. The fraction of sp³-hybridized carbons (Fsp3) is 0.500. The average molecular weight is 303 g/mol. The number of alkyl halides is 3. The maximum Gasteiger partial charge on any atom is 0.416 e. The summed E-state index contributed by atoms with van der Waals surface area (Å²) < 4.78 is 38.4. The highest BCUT2D eigenvalue weighted by Gasteiger charge is 2.33. The number of rotatable bonds is 5. The van der Waals surface area contributed by atoms with Gasteiger partial charge in [-0.05, 0) is 23.8 Å². The van der Waals surface area contributed by atoms with Gasteiger partial charge in [-0.25, -0.2) is 0 Å². The second-order valence-corrected chi connectivity index (χ2v) is 4.94. The van der Waals surface area contributed by atoms with Crippen LogP contribution < -0.4 is 16.0 Å². The summed E-state index contributed by atoms with van der Waals surface area (Å²) in [5.41, 5.74) is 5.32. The first-order valence-corrected chi connectivity index (χ1v) is 6.53. The number of hydrogen-bond acceptors (Lipinski definition) is 3. The molecular weight excluding hydrogens is 283 g/mol. The molecular formula is C14H20F3N3O. The van der Waals surface area contributed by atoms with Crippen LogP contribution in [0.15, 0.2) is 18.2 Å². The van der Waals surface area contributed by atoms with E-state index in [1.54, 1.807) is 25.9 Å². The summed E-state index contributed by atoms with van der Waals surface area (Å²) in [6.45, 7) is 1.96. The lowest BCUT2D eigenvalue weighted by molar-refractivity contribution is -0.138. The van der Waals surface area contributed by atoms with Gasteiger partial charge in [-0.15, -0.1) is 0 Å². The van der Waals surface area contributed by atoms with Crippen LogP contribution in [-0.4, -0.2) is 26.5 Å². The minimum absolute atomic E-state index is 0.0412. The molecule has 7 heteroatoms. The molecule has 0 saturated heterocycles. The number of carbonyl (C=O) groups is 1. The Labute approximate surface area is 122 Å². The van der Waals surface area contributed by atoms with Gasteiger partial charge < -0.3 is 16.0 Å². The normalized spacial score (nSPS) is 12.9. The van der Waals surface area contributed by atoms with E-state index < -0.39 is 11.7 Å². The second-order valence-electron chi connectivity index (χ2n) is 4.94. The molecule has 4 nitrogen and oxygen atoms in total. The van der Waals surface area contributed by atoms with Crippen molar-refractivity contribution in [2.24, 2.45) is 11.7 Å². The van der Waals surface area contributed by atoms with Crippen molar-refractivity contribution in [2.75, 3.05) is 25.5 Å². The number of amides is 1. The van der Waals surface area contributed by atoms with Crippen LogP contribution in [0.2, 0.25) is 0 Å². The van der Waals surface area contributed by atoms with Gasteiger partial charge in [-0.1, -0.05) is 6.92 Å². The van der Waals surface area contributed by atoms with Crippen molar-refractivity contribution in [3.8, 4) is 0 Å². The van der Waals surface area contributed by atoms with Gasteiger partial charge in [0.2, 0.25) is 5.91 Å². The lowest BCUT2D eigenvalue weighted by Crippen LogP contribution is -2.34. The third-order valence-corrected chi connectivity index (χ3v) is 3.30. The van der Waals surface area contributed by atoms with E-state index in [4.69, 9.17) is 5.73 Å². The van der Waals surface area contributed by atoms with Crippen molar-refractivity contribution in [1.29, 1.82) is 0 Å². The average Bonchev–Trinajstić information content (AvgIpc) is 2.44. The Morgan fingerprint density at radius 1 is 1.43 bits per heavy atom. The molecule has 3 N–H and O–H groups in total. The van der Waals surface area contributed by atoms with Gasteiger partial charge in [-0.3, -0.25) is 4.79 Å². The number of anilines is 1. The summed E-state index contributed by atoms with van der Waals surface area (Å²) >= 11 is 0. The largest absolute Gasteiger partial charge is 0.416 e. The van der Waals surface area contributed by atoms with Crippen molar-refractivity contribution in [3.05, 3.63) is 29.3 Å². The molecule has 1 amide bonds. The van der Waals surface area contributed by atoms with Crippen molar-refractivity contribution < 1.29 is 18.0 Å². The van der Waals surface area contributed by atoms with Gasteiger partial charge in [0.1, 0.15) is 0 Å². The van der Waals surface area contributed by atoms with Crippen LogP contribution in [0, 0.1) is 5.92 Å². The molecule has 118 valence electrons. The summed E-state index contributed by atoms with van der Waals surface area (Å²) in [7, 11) is 3.27. The lowest BCUT2D eigenvalue weighted by Gasteiger charge is -2.24. The minimum atomic E-state index is -4.42. The van der Waals surface area contributed by atoms with E-state index in [1.807, 2.05) is 0 Å². The second kappa shape index (κ2) is 6.80. The molecule has 0 aliphatic rings. The predicted molar refractivity (Wildman–Crippen MR) is 75.8 cm³/mol. The van der Waals surface area contributed by atoms with Crippen LogP contribution in [-0.2, 0) is 17.5 Å². The van der Waals surface area contributed by atoms with Crippen LogP contribution in [0.4, 0.5) is 18.9 Å². The highest BCUT2D eigenvalue weighted by atomic mass is 19.4. The van der Waals surface area contributed by atoms with Crippen LogP contribution >= 0.6 is 0 Å². The van der Waals surface area contributed by atoms with Crippen molar-refractivity contribution in [2.45, 2.75) is 19.6 Å². The molecule has 0 heterocycles. The number of nitrogens with two attached hydrogens (primary N) is 1. The van der Waals surface area contributed by atoms with E-state index in [1.165, 1.54) is 12.1 Å². The number of carbonyl (C=O) groups excluding carboxylic acids is 1. The predicted octanol–water partition coefficient (Wildman–Crippen LogP) is 1.98. The first-order valence-electron chi connectivity index (χ1n) is 6.53. The van der Waals surface area contributed by atoms with Gasteiger partial charge in [0.15, 0.2) is 0 Å². The van der Waals surface area contributed by atoms with Gasteiger partial charge in [0, 0.05) is 32.9 Å². The summed E-state index contributed by atoms with van der Waals surface area (Å²) in [6, 6.07) is 3.83. The zero-order chi connectivity index (χ0) is 16.2. The van der Waals surface area contributed by atoms with Crippen LogP contribution in [0.25, 0.3) is 0 Å². The van der Waals surface area contributed by atoms with Gasteiger partial charge in [0.25, 0.3) is 0 Å². The Kier molecular flexibility index (Phi) is 5.60. The Morgan fingerprint density at radius 3 is 2.52 bits per heavy atom. The standard InChI is InChI=1S/C14H20F3N3O/c1-9(13(21)19-2)8-20(3)11-4-5-12(14(15,16)17)10(6-11)7-18/h4-6,9H,7-8,18H2,1-3H3,(H,19,21). The minimum Gasteiger partial charge on any atom is -0.374 e. The number of halogens is 3. The smallest absolute Gasteiger partial charge is 0.374 e. The molecule has 0 aliphatic carbocycles. The quantitative estimate of drug-likeness (QED) is 0.874. The molecule has 0 radical (unpaired) electrons. The van der Waals surface area contributed by atoms with E-state index in [0.29, 0.717) is 12.2 Å². The van der Waals surface area contributed by atoms with Crippen LogP contribution in [0.1, 0.15) is 18.1 Å². The Morgan fingerprint density at radius 2 is 2.05 bits per heavy atom. The number of nitrogens with zero attached hydrogens (tertiary/aromatic N) is 1. The van der Waals surface area contributed by atoms with E-state index in [2.05, 4.69) is 5.32 Å². The molecule has 0 aromatic heterocycles. The van der Waals surface area contributed by atoms with E-state index >= 15 is 0 Å². The molecule has 0 spiro atoms. The van der Waals surface area contributed by atoms with Crippen LogP contribution in [0.3, 0.4) is 0 Å². The van der Waals surface area contributed by atoms with Gasteiger partial charge >= 0.3 is 6.18 Å². The molecule has 0 saturated carbocycles. The number of hydrogen-bond donors (Lipinski definition) is 2. The zero-order valence-electron chi connectivity index (χ0n) is 12.3. The highest BCUT2D eigenvalue weighted by molar-refractivity contribution is 5.78. The van der Waals surface area contributed by atoms with E-state index in [9.17, 15) is 18.0 Å². The SMILES string of the molecule is CNC(=O)C(C)CN(C)c1ccc(C(F)(F)F)c(CN)c1. The Hall–Kier alpha value is -1.76. The summed E-state index contributed by atoms with van der Waals surface area (Å²) in [6.07, 6.45) is -4.42. The third-order valence-electron chi connectivity index (χ3n) is 3.30. The molecule has 1 aromatic carbocycles. The zero-order valence-corrected chi connectivity index (χ0v) is 12.3.